The third-order valence-corrected chi connectivity index (χ3v) is 6.41. The van der Waals surface area contributed by atoms with Gasteiger partial charge in [-0.3, -0.25) is 4.79 Å². The van der Waals surface area contributed by atoms with Crippen molar-refractivity contribution in [2.75, 3.05) is 4.90 Å². The molecule has 1 aliphatic heterocycles. The Balaban J connectivity index is 1.48. The first-order valence-corrected chi connectivity index (χ1v) is 10.9. The van der Waals surface area contributed by atoms with Gasteiger partial charge in [-0.1, -0.05) is 37.3 Å². The van der Waals surface area contributed by atoms with Crippen molar-refractivity contribution in [2.45, 2.75) is 31.8 Å². The SMILES string of the molecule is CC[C@@H]1[C@@H](N)[C@H](Cc2ccccc2)C(=O)N1c1ccc2c(cnn2-c2ccc(F)cc2)c1. The van der Waals surface area contributed by atoms with Crippen LogP contribution in [0.1, 0.15) is 18.9 Å². The number of carbonyl (C=O) groups is 1. The van der Waals surface area contributed by atoms with Crippen LogP contribution < -0.4 is 10.6 Å². The van der Waals surface area contributed by atoms with Crippen LogP contribution >= 0.6 is 0 Å². The summed E-state index contributed by atoms with van der Waals surface area (Å²) in [5.41, 5.74) is 10.2. The van der Waals surface area contributed by atoms with Crippen molar-refractivity contribution in [1.29, 1.82) is 0 Å². The fourth-order valence-corrected chi connectivity index (χ4v) is 4.77. The van der Waals surface area contributed by atoms with E-state index in [9.17, 15) is 9.18 Å². The van der Waals surface area contributed by atoms with Gasteiger partial charge in [0.2, 0.25) is 5.91 Å². The highest BCUT2D eigenvalue weighted by atomic mass is 19.1. The van der Waals surface area contributed by atoms with E-state index in [1.54, 1.807) is 23.0 Å². The van der Waals surface area contributed by atoms with Crippen LogP contribution in [0.15, 0.2) is 79.0 Å². The van der Waals surface area contributed by atoms with Crippen molar-refractivity contribution in [3.63, 3.8) is 0 Å². The summed E-state index contributed by atoms with van der Waals surface area (Å²) in [6.07, 6.45) is 3.19. The quantitative estimate of drug-likeness (QED) is 0.510. The van der Waals surface area contributed by atoms with Crippen LogP contribution in [0.25, 0.3) is 16.6 Å². The monoisotopic (exact) mass is 428 g/mol. The van der Waals surface area contributed by atoms with Gasteiger partial charge in [-0.05, 0) is 60.9 Å². The van der Waals surface area contributed by atoms with Crippen LogP contribution in [-0.4, -0.2) is 27.8 Å². The van der Waals surface area contributed by atoms with Crippen molar-refractivity contribution >= 4 is 22.5 Å². The molecule has 32 heavy (non-hydrogen) atoms. The number of amides is 1. The first-order chi connectivity index (χ1) is 15.6. The van der Waals surface area contributed by atoms with Crippen molar-refractivity contribution in [3.8, 4) is 5.69 Å². The zero-order valence-electron chi connectivity index (χ0n) is 17.9. The lowest BCUT2D eigenvalue weighted by Gasteiger charge is -2.26. The Hall–Kier alpha value is -3.51. The Morgan fingerprint density at radius 3 is 2.44 bits per heavy atom. The number of nitrogens with zero attached hydrogens (tertiary/aromatic N) is 3. The lowest BCUT2D eigenvalue weighted by atomic mass is 9.91. The second-order valence-corrected chi connectivity index (χ2v) is 8.33. The zero-order valence-corrected chi connectivity index (χ0v) is 17.9. The highest BCUT2D eigenvalue weighted by Crippen LogP contribution is 2.35. The molecule has 162 valence electrons. The van der Waals surface area contributed by atoms with E-state index in [0.717, 1.165) is 34.3 Å². The molecule has 0 radical (unpaired) electrons. The normalized spacial score (nSPS) is 20.9. The van der Waals surface area contributed by atoms with Crippen molar-refractivity contribution < 1.29 is 9.18 Å². The predicted molar refractivity (Wildman–Crippen MR) is 124 cm³/mol. The fraction of sp³-hybridized carbons (Fsp3) is 0.231. The number of hydrogen-bond donors (Lipinski definition) is 1. The lowest BCUT2D eigenvalue weighted by Crippen LogP contribution is -2.41. The Morgan fingerprint density at radius 2 is 1.72 bits per heavy atom. The van der Waals surface area contributed by atoms with E-state index in [1.165, 1.54) is 12.1 Å². The van der Waals surface area contributed by atoms with Crippen LogP contribution in [0.2, 0.25) is 0 Å². The van der Waals surface area contributed by atoms with Gasteiger partial charge in [-0.2, -0.15) is 5.10 Å². The average molecular weight is 429 g/mol. The highest BCUT2D eigenvalue weighted by Gasteiger charge is 2.45. The minimum atomic E-state index is -0.285. The molecule has 1 aliphatic rings. The van der Waals surface area contributed by atoms with E-state index in [1.807, 2.05) is 53.4 Å². The molecule has 3 atom stereocenters. The van der Waals surface area contributed by atoms with E-state index >= 15 is 0 Å². The molecule has 0 bridgehead atoms. The third-order valence-electron chi connectivity index (χ3n) is 6.41. The van der Waals surface area contributed by atoms with Gasteiger partial charge in [0.1, 0.15) is 5.82 Å². The summed E-state index contributed by atoms with van der Waals surface area (Å²) in [5, 5.41) is 5.38. The van der Waals surface area contributed by atoms with Gasteiger partial charge in [0.25, 0.3) is 0 Å². The summed E-state index contributed by atoms with van der Waals surface area (Å²) in [6, 6.07) is 21.9. The molecule has 0 aliphatic carbocycles. The molecule has 0 saturated carbocycles. The van der Waals surface area contributed by atoms with Gasteiger partial charge in [-0.15, -0.1) is 0 Å². The molecule has 5 rings (SSSR count). The maximum absolute atomic E-state index is 13.5. The van der Waals surface area contributed by atoms with Crippen LogP contribution in [0.3, 0.4) is 0 Å². The first kappa shape index (κ1) is 20.4. The number of rotatable bonds is 5. The number of fused-ring (bicyclic) bond motifs is 1. The largest absolute Gasteiger partial charge is 0.325 e. The second-order valence-electron chi connectivity index (χ2n) is 8.33. The van der Waals surface area contributed by atoms with Gasteiger partial charge in [0.15, 0.2) is 0 Å². The zero-order chi connectivity index (χ0) is 22.2. The summed E-state index contributed by atoms with van der Waals surface area (Å²) in [5.74, 6) is -0.467. The van der Waals surface area contributed by atoms with E-state index in [0.29, 0.717) is 6.42 Å². The summed E-state index contributed by atoms with van der Waals surface area (Å²) in [7, 11) is 0. The number of halogens is 1. The molecular formula is C26H25FN4O. The number of carbonyl (C=O) groups excluding carboxylic acids is 1. The van der Waals surface area contributed by atoms with Crippen molar-refractivity contribution in [2.24, 2.45) is 11.7 Å². The minimum Gasteiger partial charge on any atom is -0.325 e. The van der Waals surface area contributed by atoms with Crippen molar-refractivity contribution in [3.05, 3.63) is 90.4 Å². The molecule has 6 heteroatoms. The van der Waals surface area contributed by atoms with E-state index < -0.39 is 0 Å². The number of anilines is 1. The molecule has 0 unspecified atom stereocenters. The second kappa shape index (κ2) is 8.20. The lowest BCUT2D eigenvalue weighted by molar-refractivity contribution is -0.120. The smallest absolute Gasteiger partial charge is 0.232 e. The molecule has 3 aromatic carbocycles. The van der Waals surface area contributed by atoms with Gasteiger partial charge >= 0.3 is 0 Å². The summed E-state index contributed by atoms with van der Waals surface area (Å²) < 4.78 is 15.1. The van der Waals surface area contributed by atoms with Gasteiger partial charge in [0.05, 0.1) is 29.4 Å². The van der Waals surface area contributed by atoms with Crippen LogP contribution in [0.4, 0.5) is 10.1 Å². The average Bonchev–Trinajstić information content (AvgIpc) is 3.34. The summed E-state index contributed by atoms with van der Waals surface area (Å²) in [4.78, 5) is 15.3. The molecule has 1 saturated heterocycles. The molecule has 5 nitrogen and oxygen atoms in total. The highest BCUT2D eigenvalue weighted by molar-refractivity contribution is 6.01. The Labute approximate surface area is 186 Å². The van der Waals surface area contributed by atoms with E-state index in [-0.39, 0.29) is 29.7 Å². The summed E-state index contributed by atoms with van der Waals surface area (Å²) >= 11 is 0. The molecule has 0 spiro atoms. The molecule has 4 aromatic rings. The summed E-state index contributed by atoms with van der Waals surface area (Å²) in [6.45, 7) is 2.07. The number of aromatic nitrogens is 2. The molecule has 1 aromatic heterocycles. The van der Waals surface area contributed by atoms with Crippen LogP contribution in [0.5, 0.6) is 0 Å². The van der Waals surface area contributed by atoms with Gasteiger partial charge in [0, 0.05) is 17.1 Å². The molecule has 2 heterocycles. The first-order valence-electron chi connectivity index (χ1n) is 10.9. The maximum atomic E-state index is 13.5. The van der Waals surface area contributed by atoms with E-state index in [2.05, 4.69) is 12.0 Å². The predicted octanol–water partition coefficient (Wildman–Crippen LogP) is 4.48. The minimum absolute atomic E-state index is 0.0548. The van der Waals surface area contributed by atoms with Gasteiger partial charge in [-0.25, -0.2) is 9.07 Å². The fourth-order valence-electron chi connectivity index (χ4n) is 4.77. The Kier molecular flexibility index (Phi) is 5.23. The Morgan fingerprint density at radius 1 is 1.00 bits per heavy atom. The molecular weight excluding hydrogens is 403 g/mol. The van der Waals surface area contributed by atoms with Crippen LogP contribution in [0, 0.1) is 11.7 Å². The number of hydrogen-bond acceptors (Lipinski definition) is 3. The molecule has 1 amide bonds. The third kappa shape index (κ3) is 3.46. The standard InChI is InChI=1S/C26H25FN4O/c1-2-23-25(28)22(14-17-6-4-3-5-7-17)26(32)30(23)21-12-13-24-18(15-21)16-29-31(24)20-10-8-19(27)9-11-20/h3-13,15-16,22-23,25H,2,14,28H2,1H3/t22-,23+,25-/m0/s1. The van der Waals surface area contributed by atoms with Gasteiger partial charge < -0.3 is 10.6 Å². The maximum Gasteiger partial charge on any atom is 0.232 e. The van der Waals surface area contributed by atoms with E-state index in [4.69, 9.17) is 5.73 Å². The molecule has 1 fully saturated rings. The number of nitrogens with two attached hydrogens (primary N) is 1. The number of benzene rings is 3. The molecule has 2 N–H and O–H groups in total. The Bertz CT molecular complexity index is 1250. The van der Waals surface area contributed by atoms with Crippen LogP contribution in [-0.2, 0) is 11.2 Å². The van der Waals surface area contributed by atoms with Crippen molar-refractivity contribution in [1.82, 2.24) is 9.78 Å². The topological polar surface area (TPSA) is 64.2 Å².